The first-order valence-electron chi connectivity index (χ1n) is 5.37. The van der Waals surface area contributed by atoms with Crippen LogP contribution in [0.4, 0.5) is 0 Å². The van der Waals surface area contributed by atoms with Crippen LogP contribution in [0.15, 0.2) is 6.33 Å². The maximum Gasteiger partial charge on any atom is 0.252 e. The van der Waals surface area contributed by atoms with Crippen LogP contribution in [0.3, 0.4) is 0 Å². The highest BCUT2D eigenvalue weighted by atomic mass is 16.2. The summed E-state index contributed by atoms with van der Waals surface area (Å²) in [6, 6.07) is 2.13. The highest BCUT2D eigenvalue weighted by molar-refractivity contribution is 5.75. The number of carbonyl (C=O) groups excluding carboxylic acids is 1. The first kappa shape index (κ1) is 10.6. The third kappa shape index (κ3) is 2.57. The fraction of sp³-hybridized carbons (Fsp3) is 0.600. The third-order valence-corrected chi connectivity index (χ3v) is 2.66. The number of aromatic nitrogens is 3. The van der Waals surface area contributed by atoms with Gasteiger partial charge in [0.25, 0.3) is 5.82 Å². The van der Waals surface area contributed by atoms with Crippen molar-refractivity contribution < 1.29 is 4.79 Å². The first-order valence-corrected chi connectivity index (χ1v) is 5.37. The van der Waals surface area contributed by atoms with Crippen LogP contribution in [0.2, 0.25) is 0 Å². The molecule has 6 nitrogen and oxygen atoms in total. The number of amides is 1. The van der Waals surface area contributed by atoms with E-state index >= 15 is 0 Å². The van der Waals surface area contributed by atoms with Crippen molar-refractivity contribution >= 4 is 5.91 Å². The second-order valence-corrected chi connectivity index (χ2v) is 3.93. The normalized spacial score (nSPS) is 15.9. The molecule has 1 aromatic heterocycles. The summed E-state index contributed by atoms with van der Waals surface area (Å²) in [6.45, 7) is 0.130. The molecule has 0 spiro atoms. The van der Waals surface area contributed by atoms with Gasteiger partial charge in [-0.25, -0.2) is 9.67 Å². The Morgan fingerprint density at radius 3 is 3.00 bits per heavy atom. The molecule has 1 saturated carbocycles. The fourth-order valence-corrected chi connectivity index (χ4v) is 1.91. The van der Waals surface area contributed by atoms with Crippen molar-refractivity contribution in [1.82, 2.24) is 20.1 Å². The minimum Gasteiger partial charge on any atom is -0.352 e. The molecule has 0 aromatic carbocycles. The lowest BCUT2D eigenvalue weighted by molar-refractivity contribution is -0.122. The number of carbonyl (C=O) groups is 1. The van der Waals surface area contributed by atoms with Crippen LogP contribution in [-0.4, -0.2) is 26.7 Å². The highest BCUT2D eigenvalue weighted by Gasteiger charge is 2.17. The summed E-state index contributed by atoms with van der Waals surface area (Å²) >= 11 is 0. The molecular formula is C10H13N5O. The van der Waals surface area contributed by atoms with Gasteiger partial charge < -0.3 is 5.32 Å². The van der Waals surface area contributed by atoms with Crippen LogP contribution < -0.4 is 5.32 Å². The molecule has 1 amide bonds. The number of rotatable bonds is 3. The van der Waals surface area contributed by atoms with Gasteiger partial charge in [0.2, 0.25) is 5.91 Å². The van der Waals surface area contributed by atoms with Gasteiger partial charge in [0.15, 0.2) is 0 Å². The number of nitrogens with one attached hydrogen (secondary N) is 1. The maximum atomic E-state index is 11.6. The number of hydrogen-bond donors (Lipinski definition) is 1. The highest BCUT2D eigenvalue weighted by Crippen LogP contribution is 2.17. The average Bonchev–Trinajstić information content (AvgIpc) is 2.89. The van der Waals surface area contributed by atoms with E-state index in [1.54, 1.807) is 0 Å². The molecule has 6 heteroatoms. The van der Waals surface area contributed by atoms with Crippen molar-refractivity contribution in [3.8, 4) is 6.07 Å². The summed E-state index contributed by atoms with van der Waals surface area (Å²) in [5.74, 6) is 0.0231. The Bertz CT molecular complexity index is 413. The monoisotopic (exact) mass is 219 g/mol. The van der Waals surface area contributed by atoms with Gasteiger partial charge in [-0.05, 0) is 12.8 Å². The van der Waals surface area contributed by atoms with Crippen molar-refractivity contribution in [3.63, 3.8) is 0 Å². The van der Waals surface area contributed by atoms with Crippen molar-refractivity contribution in [2.45, 2.75) is 38.3 Å². The molecule has 0 bridgehead atoms. The lowest BCUT2D eigenvalue weighted by Crippen LogP contribution is -2.35. The van der Waals surface area contributed by atoms with E-state index in [9.17, 15) is 4.79 Å². The maximum absolute atomic E-state index is 11.6. The topological polar surface area (TPSA) is 83.6 Å². The summed E-state index contributed by atoms with van der Waals surface area (Å²) in [4.78, 5) is 15.3. The zero-order chi connectivity index (χ0) is 11.4. The zero-order valence-electron chi connectivity index (χ0n) is 8.89. The van der Waals surface area contributed by atoms with Gasteiger partial charge in [0.1, 0.15) is 18.9 Å². The minimum atomic E-state index is -0.0683. The van der Waals surface area contributed by atoms with E-state index in [1.807, 2.05) is 6.07 Å². The van der Waals surface area contributed by atoms with Crippen LogP contribution in [-0.2, 0) is 11.3 Å². The molecule has 1 N–H and O–H groups in total. The van der Waals surface area contributed by atoms with Crippen LogP contribution in [0.1, 0.15) is 31.5 Å². The summed E-state index contributed by atoms with van der Waals surface area (Å²) in [6.07, 6.45) is 5.89. The average molecular weight is 219 g/mol. The Hall–Kier alpha value is -1.90. The third-order valence-electron chi connectivity index (χ3n) is 2.66. The molecule has 0 atom stereocenters. The Kier molecular flexibility index (Phi) is 3.15. The fourth-order valence-electron chi connectivity index (χ4n) is 1.91. The molecule has 1 aliphatic rings. The van der Waals surface area contributed by atoms with Crippen molar-refractivity contribution in [1.29, 1.82) is 5.26 Å². The van der Waals surface area contributed by atoms with Gasteiger partial charge in [-0.1, -0.05) is 12.8 Å². The molecule has 1 heterocycles. The molecular weight excluding hydrogens is 206 g/mol. The Morgan fingerprint density at radius 1 is 1.62 bits per heavy atom. The Labute approximate surface area is 93.3 Å². The van der Waals surface area contributed by atoms with Gasteiger partial charge in [0.05, 0.1) is 0 Å². The Balaban J connectivity index is 1.84. The lowest BCUT2D eigenvalue weighted by Gasteiger charge is -2.11. The smallest absolute Gasteiger partial charge is 0.252 e. The molecule has 1 fully saturated rings. The molecule has 16 heavy (non-hydrogen) atoms. The number of nitriles is 1. The SMILES string of the molecule is N#Cc1ncn(CC(=O)NC2CCCC2)n1. The van der Waals surface area contributed by atoms with Crippen LogP contribution in [0.5, 0.6) is 0 Å². The predicted molar refractivity (Wildman–Crippen MR) is 55.1 cm³/mol. The van der Waals surface area contributed by atoms with Crippen LogP contribution in [0.25, 0.3) is 0 Å². The van der Waals surface area contributed by atoms with Crippen LogP contribution in [0, 0.1) is 11.3 Å². The van der Waals surface area contributed by atoms with E-state index in [0.29, 0.717) is 6.04 Å². The first-order chi connectivity index (χ1) is 7.78. The standard InChI is InChI=1S/C10H13N5O/c11-5-9-12-7-15(14-9)6-10(16)13-8-3-1-2-4-8/h7-8H,1-4,6H2,(H,13,16). The van der Waals surface area contributed by atoms with E-state index < -0.39 is 0 Å². The van der Waals surface area contributed by atoms with E-state index in [1.165, 1.54) is 23.9 Å². The predicted octanol–water partition coefficient (Wildman–Crippen LogP) is 0.209. The van der Waals surface area contributed by atoms with Crippen molar-refractivity contribution in [2.75, 3.05) is 0 Å². The van der Waals surface area contributed by atoms with Gasteiger partial charge in [-0.3, -0.25) is 4.79 Å². The zero-order valence-corrected chi connectivity index (χ0v) is 8.89. The second-order valence-electron chi connectivity index (χ2n) is 3.93. The lowest BCUT2D eigenvalue weighted by atomic mass is 10.2. The van der Waals surface area contributed by atoms with Gasteiger partial charge in [-0.15, -0.1) is 5.10 Å². The van der Waals surface area contributed by atoms with Gasteiger partial charge in [-0.2, -0.15) is 5.26 Å². The number of nitrogens with zero attached hydrogens (tertiary/aromatic N) is 4. The molecule has 0 radical (unpaired) electrons. The summed E-state index contributed by atoms with van der Waals surface area (Å²) in [5.41, 5.74) is 0. The summed E-state index contributed by atoms with van der Waals surface area (Å²) in [7, 11) is 0. The Morgan fingerprint density at radius 2 is 2.38 bits per heavy atom. The van der Waals surface area contributed by atoms with E-state index in [-0.39, 0.29) is 18.3 Å². The van der Waals surface area contributed by atoms with E-state index in [4.69, 9.17) is 5.26 Å². The van der Waals surface area contributed by atoms with Gasteiger partial charge in [0, 0.05) is 6.04 Å². The van der Waals surface area contributed by atoms with E-state index in [0.717, 1.165) is 12.8 Å². The van der Waals surface area contributed by atoms with E-state index in [2.05, 4.69) is 15.4 Å². The van der Waals surface area contributed by atoms with Crippen LogP contribution >= 0.6 is 0 Å². The number of hydrogen-bond acceptors (Lipinski definition) is 4. The van der Waals surface area contributed by atoms with Crippen molar-refractivity contribution in [2.24, 2.45) is 0 Å². The molecule has 1 aliphatic carbocycles. The molecule has 2 rings (SSSR count). The molecule has 0 unspecified atom stereocenters. The quantitative estimate of drug-likeness (QED) is 0.787. The minimum absolute atomic E-state index is 0.0683. The molecule has 0 aliphatic heterocycles. The summed E-state index contributed by atoms with van der Waals surface area (Å²) in [5, 5.41) is 15.3. The van der Waals surface area contributed by atoms with Crippen molar-refractivity contribution in [3.05, 3.63) is 12.2 Å². The largest absolute Gasteiger partial charge is 0.352 e. The second kappa shape index (κ2) is 4.75. The molecule has 1 aromatic rings. The van der Waals surface area contributed by atoms with Gasteiger partial charge >= 0.3 is 0 Å². The summed E-state index contributed by atoms with van der Waals surface area (Å²) < 4.78 is 1.38. The molecule has 84 valence electrons. The molecule has 0 saturated heterocycles.